The first-order valence-electron chi connectivity index (χ1n) is 7.82. The van der Waals surface area contributed by atoms with Gasteiger partial charge >= 0.3 is 0 Å². The third-order valence-corrected chi connectivity index (χ3v) is 3.87. The zero-order valence-corrected chi connectivity index (χ0v) is 12.7. The van der Waals surface area contributed by atoms with Crippen molar-refractivity contribution in [3.63, 3.8) is 0 Å². The van der Waals surface area contributed by atoms with Crippen LogP contribution in [0, 0.1) is 5.92 Å². The molecule has 0 aromatic heterocycles. The summed E-state index contributed by atoms with van der Waals surface area (Å²) in [6.45, 7) is 2.22. The molecule has 20 heavy (non-hydrogen) atoms. The standard InChI is InChI=1S/C17H27N3/c1-3-4-5-16(12-17(18)13-6-7-13)20-15-10-8-14(19-2)9-11-15/h8-10,12-13,15,19H,3-7,11,18H2,1-2H3. The van der Waals surface area contributed by atoms with E-state index in [1.54, 1.807) is 0 Å². The van der Waals surface area contributed by atoms with Crippen molar-refractivity contribution in [1.29, 1.82) is 0 Å². The van der Waals surface area contributed by atoms with Crippen molar-refractivity contribution in [3.8, 4) is 0 Å². The normalized spacial score (nSPS) is 23.7. The van der Waals surface area contributed by atoms with Crippen LogP contribution in [-0.4, -0.2) is 18.8 Å². The lowest BCUT2D eigenvalue weighted by Crippen LogP contribution is -2.13. The van der Waals surface area contributed by atoms with Gasteiger partial charge in [-0.05, 0) is 50.2 Å². The van der Waals surface area contributed by atoms with E-state index in [1.165, 1.54) is 37.1 Å². The second-order valence-electron chi connectivity index (χ2n) is 5.71. The Bertz CT molecular complexity index is 439. The van der Waals surface area contributed by atoms with Crippen LogP contribution < -0.4 is 11.1 Å². The van der Waals surface area contributed by atoms with E-state index in [0.717, 1.165) is 18.5 Å². The predicted molar refractivity (Wildman–Crippen MR) is 86.6 cm³/mol. The number of unbranched alkanes of at least 4 members (excludes halogenated alkanes) is 1. The maximum atomic E-state index is 6.14. The summed E-state index contributed by atoms with van der Waals surface area (Å²) in [6, 6.07) is 0.266. The molecule has 1 atom stereocenters. The summed E-state index contributed by atoms with van der Waals surface area (Å²) in [4.78, 5) is 4.89. The van der Waals surface area contributed by atoms with Crippen molar-refractivity contribution in [1.82, 2.24) is 5.32 Å². The number of nitrogens with one attached hydrogen (secondary N) is 1. The van der Waals surface area contributed by atoms with Gasteiger partial charge in [-0.3, -0.25) is 4.99 Å². The number of rotatable bonds is 7. The molecule has 2 aliphatic carbocycles. The van der Waals surface area contributed by atoms with Gasteiger partial charge in [-0.2, -0.15) is 0 Å². The average Bonchev–Trinajstić information content (AvgIpc) is 3.30. The van der Waals surface area contributed by atoms with E-state index in [4.69, 9.17) is 10.7 Å². The number of hydrogen-bond donors (Lipinski definition) is 2. The van der Waals surface area contributed by atoms with Crippen LogP contribution in [0.2, 0.25) is 0 Å². The van der Waals surface area contributed by atoms with Crippen LogP contribution in [0.3, 0.4) is 0 Å². The van der Waals surface area contributed by atoms with Crippen LogP contribution in [0.15, 0.2) is 40.7 Å². The van der Waals surface area contributed by atoms with E-state index in [-0.39, 0.29) is 6.04 Å². The average molecular weight is 273 g/mol. The molecule has 2 aliphatic rings. The molecule has 1 unspecified atom stereocenters. The third-order valence-electron chi connectivity index (χ3n) is 3.87. The van der Waals surface area contributed by atoms with Crippen molar-refractivity contribution in [2.24, 2.45) is 16.6 Å². The summed E-state index contributed by atoms with van der Waals surface area (Å²) < 4.78 is 0. The molecule has 0 aliphatic heterocycles. The van der Waals surface area contributed by atoms with Gasteiger partial charge < -0.3 is 11.1 Å². The fourth-order valence-corrected chi connectivity index (χ4v) is 2.36. The summed E-state index contributed by atoms with van der Waals surface area (Å²) in [5.41, 5.74) is 9.53. The summed E-state index contributed by atoms with van der Waals surface area (Å²) in [7, 11) is 1.95. The number of likely N-dealkylation sites (N-methyl/N-ethyl adjacent to an activating group) is 1. The van der Waals surface area contributed by atoms with Gasteiger partial charge in [0.15, 0.2) is 0 Å². The number of aliphatic imine (C=N–C) groups is 1. The molecule has 0 aromatic rings. The van der Waals surface area contributed by atoms with Crippen LogP contribution in [0.25, 0.3) is 0 Å². The van der Waals surface area contributed by atoms with Crippen molar-refractivity contribution in [2.75, 3.05) is 7.05 Å². The third kappa shape index (κ3) is 4.55. The van der Waals surface area contributed by atoms with Gasteiger partial charge in [0.1, 0.15) is 0 Å². The Morgan fingerprint density at radius 2 is 2.30 bits per heavy atom. The van der Waals surface area contributed by atoms with E-state index in [2.05, 4.69) is 36.5 Å². The molecule has 0 radical (unpaired) electrons. The van der Waals surface area contributed by atoms with Gasteiger partial charge in [-0.25, -0.2) is 0 Å². The molecule has 3 heteroatoms. The summed E-state index contributed by atoms with van der Waals surface area (Å²) in [5, 5.41) is 3.16. The zero-order valence-electron chi connectivity index (χ0n) is 12.7. The fraction of sp³-hybridized carbons (Fsp3) is 0.588. The van der Waals surface area contributed by atoms with Crippen LogP contribution in [0.4, 0.5) is 0 Å². The first-order chi connectivity index (χ1) is 9.72. The number of nitrogens with zero attached hydrogens (tertiary/aromatic N) is 1. The monoisotopic (exact) mass is 273 g/mol. The first kappa shape index (κ1) is 14.9. The molecule has 3 nitrogen and oxygen atoms in total. The molecule has 0 amide bonds. The van der Waals surface area contributed by atoms with Gasteiger partial charge in [0.25, 0.3) is 0 Å². The molecule has 0 aromatic carbocycles. The minimum atomic E-state index is 0.266. The Morgan fingerprint density at radius 3 is 2.85 bits per heavy atom. The van der Waals surface area contributed by atoms with Crippen LogP contribution >= 0.6 is 0 Å². The highest BCUT2D eigenvalue weighted by Gasteiger charge is 2.24. The Hall–Kier alpha value is -1.51. The Morgan fingerprint density at radius 1 is 1.50 bits per heavy atom. The fourth-order valence-electron chi connectivity index (χ4n) is 2.36. The van der Waals surface area contributed by atoms with Crippen molar-refractivity contribution >= 4 is 5.71 Å². The maximum absolute atomic E-state index is 6.14. The van der Waals surface area contributed by atoms with Crippen LogP contribution in [-0.2, 0) is 0 Å². The predicted octanol–water partition coefficient (Wildman–Crippen LogP) is 3.30. The smallest absolute Gasteiger partial charge is 0.0722 e. The SMILES string of the molecule is CCCCC(C=C(N)C1CC1)=NC1C=CC(NC)=CC1. The minimum Gasteiger partial charge on any atom is -0.402 e. The van der Waals surface area contributed by atoms with E-state index < -0.39 is 0 Å². The van der Waals surface area contributed by atoms with Gasteiger partial charge in [0.05, 0.1) is 6.04 Å². The molecule has 3 N–H and O–H groups in total. The van der Waals surface area contributed by atoms with Crippen LogP contribution in [0.1, 0.15) is 45.4 Å². The van der Waals surface area contributed by atoms with E-state index in [9.17, 15) is 0 Å². The molecule has 0 bridgehead atoms. The quantitative estimate of drug-likeness (QED) is 0.699. The molecule has 0 saturated heterocycles. The highest BCUT2D eigenvalue weighted by atomic mass is 14.8. The Kier molecular flexibility index (Phi) is 5.45. The molecule has 110 valence electrons. The lowest BCUT2D eigenvalue weighted by molar-refractivity contribution is 0.785. The van der Waals surface area contributed by atoms with Crippen molar-refractivity contribution in [2.45, 2.75) is 51.5 Å². The second-order valence-corrected chi connectivity index (χ2v) is 5.71. The van der Waals surface area contributed by atoms with Gasteiger partial charge in [0, 0.05) is 24.2 Å². The van der Waals surface area contributed by atoms with Crippen LogP contribution in [0.5, 0.6) is 0 Å². The summed E-state index contributed by atoms with van der Waals surface area (Å²) >= 11 is 0. The molecule has 1 saturated carbocycles. The topological polar surface area (TPSA) is 50.4 Å². The molecular weight excluding hydrogens is 246 g/mol. The lowest BCUT2D eigenvalue weighted by Gasteiger charge is -2.14. The molecule has 2 rings (SSSR count). The largest absolute Gasteiger partial charge is 0.402 e. The number of nitrogens with two attached hydrogens (primary N) is 1. The number of allylic oxidation sites excluding steroid dienone is 3. The Labute approximate surface area is 122 Å². The van der Waals surface area contributed by atoms with E-state index in [1.807, 2.05) is 7.05 Å². The lowest BCUT2D eigenvalue weighted by atomic mass is 10.1. The maximum Gasteiger partial charge on any atom is 0.0722 e. The summed E-state index contributed by atoms with van der Waals surface area (Å²) in [5.74, 6) is 0.625. The van der Waals surface area contributed by atoms with Crippen molar-refractivity contribution in [3.05, 3.63) is 35.7 Å². The first-order valence-corrected chi connectivity index (χ1v) is 7.82. The van der Waals surface area contributed by atoms with E-state index in [0.29, 0.717) is 5.92 Å². The zero-order chi connectivity index (χ0) is 14.4. The number of hydrogen-bond acceptors (Lipinski definition) is 3. The molecule has 0 heterocycles. The van der Waals surface area contributed by atoms with Gasteiger partial charge in [-0.1, -0.05) is 25.5 Å². The Balaban J connectivity index is 2.02. The van der Waals surface area contributed by atoms with Crippen molar-refractivity contribution < 1.29 is 0 Å². The van der Waals surface area contributed by atoms with Gasteiger partial charge in [-0.15, -0.1) is 0 Å². The highest BCUT2D eigenvalue weighted by Crippen LogP contribution is 2.33. The van der Waals surface area contributed by atoms with Gasteiger partial charge in [0.2, 0.25) is 0 Å². The highest BCUT2D eigenvalue weighted by molar-refractivity contribution is 5.95. The molecular formula is C17H27N3. The molecule has 1 fully saturated rings. The van der Waals surface area contributed by atoms with E-state index >= 15 is 0 Å². The molecule has 0 spiro atoms. The minimum absolute atomic E-state index is 0.266. The second kappa shape index (κ2) is 7.32. The summed E-state index contributed by atoms with van der Waals surface area (Å²) in [6.07, 6.45) is 15.5.